The number of rotatable bonds is 96. The van der Waals surface area contributed by atoms with Gasteiger partial charge >= 0.3 is 35.8 Å². The summed E-state index contributed by atoms with van der Waals surface area (Å²) in [6.07, 6.45) is 81.3. The van der Waals surface area contributed by atoms with Crippen molar-refractivity contribution >= 4 is 86.8 Å². The highest BCUT2D eigenvalue weighted by atomic mass is 32.2. The molecule has 0 aromatic rings. The largest absolute Gasteiger partial charge is 0.462 e. The summed E-state index contributed by atoms with van der Waals surface area (Å²) in [6.45, 7) is 28.7. The number of hydrogen-bond donors (Lipinski definition) is 0. The molecule has 140 heavy (non-hydrogen) atoms. The highest BCUT2D eigenvalue weighted by Crippen LogP contribution is 2.25. The highest BCUT2D eigenvalue weighted by Gasteiger charge is 2.24. The molecule has 0 unspecified atom stereocenters. The number of thioether (sulfide) groups is 3. The molecular weight excluding hydrogens is 1810 g/mol. The lowest BCUT2D eigenvalue weighted by Crippen LogP contribution is -2.31. The predicted molar refractivity (Wildman–Crippen MR) is 599 cm³/mol. The van der Waals surface area contributed by atoms with Crippen LogP contribution in [0.3, 0.4) is 0 Å². The standard InChI is InChI=1S/C39H74N2O5S.C39H70N2O5S.C38H74N2O5S/c2*1-6-9-12-15-16-19-25-34-45-37(42)29-23-20-24-31-41(39(44)47-35-33-40(4)5)32-26-30-38(43)46-36(27-21-17-13-10-7-2)28-22-18-14-11-8-3;1-7-11-15-19-26-35(27-20-16-12-8-2)45-37(42)29-23-31-40(38(43)46-33-32-39(5)6)30-22-21-28-36(41)44-34(24-17-13-9-3)25-18-14-10-4/h19,25,36H,6-18,20-24,26-35H2,1-5H3;13-14,17-19,25,36H,6-12,15-16,20-24,26-35H2,1-5H3;34-35H,7-33H2,1-6H3/b25-19-;17-13+,18-14+,25-19-;. The van der Waals surface area contributed by atoms with E-state index in [4.69, 9.17) is 28.4 Å². The minimum Gasteiger partial charge on any atom is -0.462 e. The van der Waals surface area contributed by atoms with E-state index in [-0.39, 0.29) is 75.9 Å². The van der Waals surface area contributed by atoms with Crippen LogP contribution >= 0.6 is 35.3 Å². The van der Waals surface area contributed by atoms with E-state index in [0.29, 0.717) is 117 Å². The van der Waals surface area contributed by atoms with Gasteiger partial charge in [-0.15, -0.1) is 0 Å². The van der Waals surface area contributed by atoms with E-state index in [1.165, 1.54) is 189 Å². The molecule has 0 saturated heterocycles. The van der Waals surface area contributed by atoms with Gasteiger partial charge in [-0.1, -0.05) is 333 Å². The monoisotopic (exact) mass is 2030 g/mol. The quantitative estimate of drug-likeness (QED) is 0.0238. The molecule has 24 heteroatoms. The van der Waals surface area contributed by atoms with Gasteiger partial charge in [0.15, 0.2) is 0 Å². The molecule has 0 N–H and O–H groups in total. The van der Waals surface area contributed by atoms with E-state index in [2.05, 4.69) is 120 Å². The molecule has 0 rings (SSSR count). The third-order valence-electron chi connectivity index (χ3n) is 24.7. The van der Waals surface area contributed by atoms with Crippen LogP contribution in [0.25, 0.3) is 0 Å². The van der Waals surface area contributed by atoms with Crippen molar-refractivity contribution in [2.45, 2.75) is 511 Å². The molecule has 0 bridgehead atoms. The Bertz CT molecular complexity index is 2920. The fourth-order valence-electron chi connectivity index (χ4n) is 15.8. The lowest BCUT2D eigenvalue weighted by Gasteiger charge is -2.23. The van der Waals surface area contributed by atoms with Crippen LogP contribution < -0.4 is 0 Å². The minimum absolute atomic E-state index is 0.0122. The van der Waals surface area contributed by atoms with Gasteiger partial charge < -0.3 is 57.8 Å². The maximum Gasteiger partial charge on any atom is 0.306 e. The van der Waals surface area contributed by atoms with Crippen LogP contribution in [0.4, 0.5) is 14.4 Å². The van der Waals surface area contributed by atoms with E-state index >= 15 is 0 Å². The summed E-state index contributed by atoms with van der Waals surface area (Å²) in [5.41, 5.74) is 0. The zero-order valence-electron chi connectivity index (χ0n) is 93.3. The van der Waals surface area contributed by atoms with Gasteiger partial charge in [0.2, 0.25) is 0 Å². The topological polar surface area (TPSA) is 228 Å². The fourth-order valence-corrected chi connectivity index (χ4v) is 18.8. The van der Waals surface area contributed by atoms with Crippen LogP contribution in [-0.2, 0) is 57.2 Å². The molecule has 0 atom stereocenters. The van der Waals surface area contributed by atoms with E-state index in [1.807, 2.05) is 69.1 Å². The molecular formula is C116H218N6O15S3. The van der Waals surface area contributed by atoms with Gasteiger partial charge in [-0.05, 0) is 241 Å². The summed E-state index contributed by atoms with van der Waals surface area (Å²) in [4.78, 5) is 126. The van der Waals surface area contributed by atoms with Crippen molar-refractivity contribution in [3.8, 4) is 0 Å². The zero-order valence-corrected chi connectivity index (χ0v) is 95.8. The van der Waals surface area contributed by atoms with Crippen molar-refractivity contribution in [1.29, 1.82) is 0 Å². The van der Waals surface area contributed by atoms with Crippen LogP contribution in [0.15, 0.2) is 48.6 Å². The van der Waals surface area contributed by atoms with Gasteiger partial charge in [0.05, 0.1) is 0 Å². The lowest BCUT2D eigenvalue weighted by atomic mass is 10.0. The van der Waals surface area contributed by atoms with Crippen molar-refractivity contribution < 1.29 is 71.6 Å². The van der Waals surface area contributed by atoms with Crippen molar-refractivity contribution in [3.05, 3.63) is 48.6 Å². The van der Waals surface area contributed by atoms with Crippen molar-refractivity contribution in [2.24, 2.45) is 0 Å². The maximum atomic E-state index is 13.1. The van der Waals surface area contributed by atoms with E-state index < -0.39 is 0 Å². The van der Waals surface area contributed by atoms with Crippen molar-refractivity contribution in [1.82, 2.24) is 29.4 Å². The average molecular weight is 2030 g/mol. The molecule has 0 aliphatic carbocycles. The second-order valence-electron chi connectivity index (χ2n) is 39.3. The Morgan fingerprint density at radius 2 is 0.421 bits per heavy atom. The molecule has 0 spiro atoms. The van der Waals surface area contributed by atoms with Gasteiger partial charge in [-0.2, -0.15) is 0 Å². The van der Waals surface area contributed by atoms with Crippen LogP contribution in [0, 0.1) is 0 Å². The number of amides is 3. The minimum atomic E-state index is -0.178. The highest BCUT2D eigenvalue weighted by molar-refractivity contribution is 8.14. The van der Waals surface area contributed by atoms with Crippen molar-refractivity contribution in [2.75, 3.05) is 132 Å². The summed E-state index contributed by atoms with van der Waals surface area (Å²) in [5, 5.41) is 0.171. The Balaban J connectivity index is -0.00000201. The lowest BCUT2D eigenvalue weighted by molar-refractivity contribution is -0.151. The number of carbonyl (C=O) groups is 9. The van der Waals surface area contributed by atoms with Crippen LogP contribution in [-0.4, -0.2) is 237 Å². The molecule has 0 radical (unpaired) electrons. The average Bonchev–Trinajstić information content (AvgIpc) is 0.931. The summed E-state index contributed by atoms with van der Waals surface area (Å²) >= 11 is 4.02. The van der Waals surface area contributed by atoms with Gasteiger partial charge in [0, 0.05) is 115 Å². The predicted octanol–water partition coefficient (Wildman–Crippen LogP) is 31.6. The normalized spacial score (nSPS) is 11.7. The number of carbonyl (C=O) groups excluding carboxylic acids is 9. The molecule has 820 valence electrons. The fraction of sp³-hybridized carbons (Fsp3) is 0.853. The molecule has 0 aliphatic rings. The smallest absolute Gasteiger partial charge is 0.306 e. The van der Waals surface area contributed by atoms with E-state index in [0.717, 1.165) is 236 Å². The van der Waals surface area contributed by atoms with E-state index in [9.17, 15) is 43.2 Å². The van der Waals surface area contributed by atoms with Crippen LogP contribution in [0.2, 0.25) is 0 Å². The first-order chi connectivity index (χ1) is 67.9. The number of esters is 6. The SMILES string of the molecule is CCC/C=C/CCC(CC/C=C/CCC)OC(=O)CCCN(CCCCCC(=O)OC/C=C\CCCCCC)C(=O)SCCN(C)C.CCCCCC/C=C\COC(=O)CCCCCN(CCCC(=O)OC(CCCCCCC)CCCCCCC)C(=O)SCCN(C)C.CCCCCCC(CCCCCC)OC(=O)CCCN(CCCCC(=O)OC(CCCCC)CCCCC)C(=O)SCCN(C)C. The maximum absolute atomic E-state index is 13.1. The first-order valence-corrected chi connectivity index (χ1v) is 60.3. The van der Waals surface area contributed by atoms with E-state index in [1.54, 1.807) is 0 Å². The number of unbranched alkanes of at least 4 members (excludes halogenated alkanes) is 33. The number of hydrogen-bond acceptors (Lipinski definition) is 21. The Morgan fingerprint density at radius 3 is 0.714 bits per heavy atom. The molecule has 0 aromatic carbocycles. The van der Waals surface area contributed by atoms with Gasteiger partial charge in [-0.3, -0.25) is 43.2 Å². The van der Waals surface area contributed by atoms with Gasteiger partial charge in [0.1, 0.15) is 37.6 Å². The molecule has 21 nitrogen and oxygen atoms in total. The number of ether oxygens (including phenoxy) is 6. The Labute approximate surface area is 873 Å². The first-order valence-electron chi connectivity index (χ1n) is 57.3. The van der Waals surface area contributed by atoms with Crippen LogP contribution in [0.1, 0.15) is 487 Å². The third-order valence-corrected chi connectivity index (χ3v) is 27.3. The molecule has 3 amide bonds. The first kappa shape index (κ1) is 139. The van der Waals surface area contributed by atoms with Crippen molar-refractivity contribution in [3.63, 3.8) is 0 Å². The second-order valence-corrected chi connectivity index (χ2v) is 42.5. The summed E-state index contributed by atoms with van der Waals surface area (Å²) < 4.78 is 34.4. The molecule has 0 fully saturated rings. The molecule has 0 heterocycles. The molecule has 0 aromatic heterocycles. The van der Waals surface area contributed by atoms with Gasteiger partial charge in [-0.25, -0.2) is 0 Å². The summed E-state index contributed by atoms with van der Waals surface area (Å²) in [5.74, 6) is 1.30. The van der Waals surface area contributed by atoms with Gasteiger partial charge in [0.25, 0.3) is 15.7 Å². The molecule has 0 saturated carbocycles. The summed E-state index contributed by atoms with van der Waals surface area (Å²) in [7, 11) is 12.0. The van der Waals surface area contributed by atoms with Crippen LogP contribution in [0.5, 0.6) is 0 Å². The second kappa shape index (κ2) is 108. The number of allylic oxidation sites excluding steroid dienone is 6. The third kappa shape index (κ3) is 100. The Morgan fingerprint density at radius 1 is 0.207 bits per heavy atom. The summed E-state index contributed by atoms with van der Waals surface area (Å²) in [6, 6.07) is 0. The molecule has 0 aliphatic heterocycles. The Hall–Kier alpha value is -4.88. The zero-order chi connectivity index (χ0) is 104. The Kier molecular flexibility index (Phi) is 108. The number of nitrogens with zero attached hydrogens (tertiary/aromatic N) is 6.